The van der Waals surface area contributed by atoms with Crippen LogP contribution in [0.25, 0.3) is 0 Å². The van der Waals surface area contributed by atoms with Crippen molar-refractivity contribution in [2.75, 3.05) is 18.0 Å². The van der Waals surface area contributed by atoms with Crippen molar-refractivity contribution in [3.63, 3.8) is 0 Å². The number of pyridine rings is 1. The van der Waals surface area contributed by atoms with E-state index in [9.17, 15) is 4.79 Å². The average molecular weight is 239 g/mol. The molecule has 0 atom stereocenters. The normalized spacial score (nSPS) is 10.4. The second-order valence-corrected chi connectivity index (χ2v) is 4.91. The van der Waals surface area contributed by atoms with Crippen LogP contribution in [0.2, 0.25) is 0 Å². The molecule has 1 amide bonds. The summed E-state index contributed by atoms with van der Waals surface area (Å²) in [5, 5.41) is 3.67. The highest BCUT2D eigenvalue weighted by Gasteiger charge is 2.03. The molecule has 1 rings (SSSR count). The van der Waals surface area contributed by atoms with Gasteiger partial charge in [-0.25, -0.2) is 4.98 Å². The minimum Gasteiger partial charge on any atom is -0.397 e. The highest BCUT2D eigenvalue weighted by atomic mass is 32.2. The van der Waals surface area contributed by atoms with Gasteiger partial charge in [0.15, 0.2) is 0 Å². The van der Waals surface area contributed by atoms with Gasteiger partial charge in [0.1, 0.15) is 0 Å². The number of carbonyl (C=O) groups excluding carboxylic acids is 1. The van der Waals surface area contributed by atoms with Crippen molar-refractivity contribution in [2.45, 2.75) is 18.9 Å². The summed E-state index contributed by atoms with van der Waals surface area (Å²) in [4.78, 5) is 15.5. The maximum atomic E-state index is 11.4. The van der Waals surface area contributed by atoms with E-state index in [-0.39, 0.29) is 5.91 Å². The third kappa shape index (κ3) is 5.02. The first-order chi connectivity index (χ1) is 7.58. The number of nitrogens with zero attached hydrogens (tertiary/aromatic N) is 1. The Hall–Kier alpha value is -1.23. The molecule has 1 aromatic rings. The van der Waals surface area contributed by atoms with Gasteiger partial charge in [-0.1, -0.05) is 25.6 Å². The number of anilines is 1. The Balaban J connectivity index is 2.29. The summed E-state index contributed by atoms with van der Waals surface area (Å²) in [7, 11) is 0. The largest absolute Gasteiger partial charge is 0.397 e. The van der Waals surface area contributed by atoms with Crippen LogP contribution in [0.3, 0.4) is 0 Å². The van der Waals surface area contributed by atoms with Crippen molar-refractivity contribution in [3.8, 4) is 0 Å². The lowest BCUT2D eigenvalue weighted by atomic mass is 10.2. The first kappa shape index (κ1) is 12.8. The van der Waals surface area contributed by atoms with Gasteiger partial charge >= 0.3 is 0 Å². The van der Waals surface area contributed by atoms with Crippen LogP contribution in [0, 0.1) is 5.92 Å². The van der Waals surface area contributed by atoms with Gasteiger partial charge in [0.05, 0.1) is 22.7 Å². The number of aromatic nitrogens is 1. The zero-order valence-corrected chi connectivity index (χ0v) is 10.4. The lowest BCUT2D eigenvalue weighted by molar-refractivity contribution is -0.118. The predicted molar refractivity (Wildman–Crippen MR) is 67.2 cm³/mol. The van der Waals surface area contributed by atoms with E-state index in [0.29, 0.717) is 23.9 Å². The van der Waals surface area contributed by atoms with Gasteiger partial charge in [-0.05, 0) is 18.1 Å². The van der Waals surface area contributed by atoms with Crippen LogP contribution in [0.4, 0.5) is 5.69 Å². The Morgan fingerprint density at radius 1 is 1.56 bits per heavy atom. The molecule has 1 heterocycles. The summed E-state index contributed by atoms with van der Waals surface area (Å²) in [5.41, 5.74) is 6.15. The Kier molecular flexibility index (Phi) is 5.11. The lowest BCUT2D eigenvalue weighted by Gasteiger charge is -2.06. The first-order valence-electron chi connectivity index (χ1n) is 5.19. The van der Waals surface area contributed by atoms with E-state index in [1.807, 2.05) is 6.07 Å². The van der Waals surface area contributed by atoms with E-state index in [2.05, 4.69) is 24.1 Å². The molecule has 3 N–H and O–H groups in total. The number of carbonyl (C=O) groups is 1. The molecular formula is C11H17N3OS. The Bertz CT molecular complexity index is 338. The molecule has 5 heteroatoms. The molecule has 0 bridgehead atoms. The molecular weight excluding hydrogens is 222 g/mol. The summed E-state index contributed by atoms with van der Waals surface area (Å²) in [6.07, 6.45) is 1.59. The molecule has 0 unspecified atom stereocenters. The molecule has 0 saturated carbocycles. The molecule has 1 aromatic heterocycles. The molecule has 0 aliphatic heterocycles. The van der Waals surface area contributed by atoms with E-state index in [1.165, 1.54) is 11.8 Å². The van der Waals surface area contributed by atoms with Gasteiger partial charge in [-0.2, -0.15) is 0 Å². The molecule has 0 fully saturated rings. The minimum atomic E-state index is 0.0392. The fourth-order valence-corrected chi connectivity index (χ4v) is 1.66. The molecule has 0 radical (unpaired) electrons. The van der Waals surface area contributed by atoms with Crippen LogP contribution in [0.1, 0.15) is 13.8 Å². The standard InChI is InChI=1S/C11H17N3OS/c1-8(2)5-13-10(15)7-16-11-4-3-9(12)6-14-11/h3-4,6,8H,5,7,12H2,1-2H3,(H,13,15). The smallest absolute Gasteiger partial charge is 0.230 e. The number of nitrogen functional groups attached to an aromatic ring is 1. The minimum absolute atomic E-state index is 0.0392. The molecule has 4 nitrogen and oxygen atoms in total. The van der Waals surface area contributed by atoms with Crippen molar-refractivity contribution in [1.82, 2.24) is 10.3 Å². The fraction of sp³-hybridized carbons (Fsp3) is 0.455. The molecule has 0 saturated heterocycles. The number of thioether (sulfide) groups is 1. The van der Waals surface area contributed by atoms with Gasteiger partial charge < -0.3 is 11.1 Å². The van der Waals surface area contributed by atoms with Crippen molar-refractivity contribution < 1.29 is 4.79 Å². The van der Waals surface area contributed by atoms with Crippen LogP contribution in [-0.2, 0) is 4.79 Å². The van der Waals surface area contributed by atoms with Crippen molar-refractivity contribution in [3.05, 3.63) is 18.3 Å². The highest BCUT2D eigenvalue weighted by molar-refractivity contribution is 7.99. The van der Waals surface area contributed by atoms with Gasteiger partial charge in [0.25, 0.3) is 0 Å². The first-order valence-corrected chi connectivity index (χ1v) is 6.17. The zero-order valence-electron chi connectivity index (χ0n) is 9.56. The van der Waals surface area contributed by atoms with Crippen LogP contribution in [0.5, 0.6) is 0 Å². The number of nitrogens with one attached hydrogen (secondary N) is 1. The van der Waals surface area contributed by atoms with Crippen LogP contribution < -0.4 is 11.1 Å². The van der Waals surface area contributed by atoms with Crippen LogP contribution in [-0.4, -0.2) is 23.2 Å². The predicted octanol–water partition coefficient (Wildman–Crippen LogP) is 1.53. The summed E-state index contributed by atoms with van der Waals surface area (Å²) < 4.78 is 0. The second kappa shape index (κ2) is 6.37. The van der Waals surface area contributed by atoms with Gasteiger partial charge in [-0.15, -0.1) is 0 Å². The SMILES string of the molecule is CC(C)CNC(=O)CSc1ccc(N)cn1. The van der Waals surface area contributed by atoms with E-state index in [1.54, 1.807) is 12.3 Å². The molecule has 16 heavy (non-hydrogen) atoms. The molecule has 0 spiro atoms. The Labute approximate surface area is 100 Å². The molecule has 0 aliphatic carbocycles. The van der Waals surface area contributed by atoms with Gasteiger partial charge in [0.2, 0.25) is 5.91 Å². The number of amides is 1. The van der Waals surface area contributed by atoms with Crippen LogP contribution >= 0.6 is 11.8 Å². The Morgan fingerprint density at radius 2 is 2.31 bits per heavy atom. The van der Waals surface area contributed by atoms with E-state index < -0.39 is 0 Å². The number of rotatable bonds is 5. The third-order valence-corrected chi connectivity index (χ3v) is 2.76. The number of nitrogens with two attached hydrogens (primary N) is 1. The number of hydrogen-bond acceptors (Lipinski definition) is 4. The average Bonchev–Trinajstić information content (AvgIpc) is 2.25. The van der Waals surface area contributed by atoms with E-state index in [4.69, 9.17) is 5.73 Å². The second-order valence-electron chi connectivity index (χ2n) is 3.92. The summed E-state index contributed by atoms with van der Waals surface area (Å²) >= 11 is 1.41. The monoisotopic (exact) mass is 239 g/mol. The van der Waals surface area contributed by atoms with Crippen molar-refractivity contribution in [1.29, 1.82) is 0 Å². The number of hydrogen-bond donors (Lipinski definition) is 2. The van der Waals surface area contributed by atoms with E-state index >= 15 is 0 Å². The maximum Gasteiger partial charge on any atom is 0.230 e. The third-order valence-electron chi connectivity index (χ3n) is 1.82. The van der Waals surface area contributed by atoms with Crippen molar-refractivity contribution in [2.24, 2.45) is 5.92 Å². The maximum absolute atomic E-state index is 11.4. The van der Waals surface area contributed by atoms with Crippen LogP contribution in [0.15, 0.2) is 23.4 Å². The molecule has 88 valence electrons. The van der Waals surface area contributed by atoms with E-state index in [0.717, 1.165) is 5.03 Å². The summed E-state index contributed by atoms with van der Waals surface area (Å²) in [5.74, 6) is 0.907. The van der Waals surface area contributed by atoms with Gasteiger partial charge in [0, 0.05) is 6.54 Å². The molecule has 0 aromatic carbocycles. The molecule has 0 aliphatic rings. The van der Waals surface area contributed by atoms with Crippen molar-refractivity contribution >= 4 is 23.4 Å². The van der Waals surface area contributed by atoms with Gasteiger partial charge in [-0.3, -0.25) is 4.79 Å². The summed E-state index contributed by atoms with van der Waals surface area (Å²) in [6, 6.07) is 3.59. The topological polar surface area (TPSA) is 68.0 Å². The quantitative estimate of drug-likeness (QED) is 0.765. The zero-order chi connectivity index (χ0) is 12.0. The fourth-order valence-electron chi connectivity index (χ4n) is 0.986. The summed E-state index contributed by atoms with van der Waals surface area (Å²) in [6.45, 7) is 4.85. The highest BCUT2D eigenvalue weighted by Crippen LogP contribution is 2.15. The lowest BCUT2D eigenvalue weighted by Crippen LogP contribution is -2.28. The Morgan fingerprint density at radius 3 is 2.88 bits per heavy atom.